The van der Waals surface area contributed by atoms with Crippen LogP contribution in [-0.4, -0.2) is 11.5 Å². The molecule has 0 aliphatic rings. The number of thiazole rings is 1. The van der Waals surface area contributed by atoms with Crippen molar-refractivity contribution in [2.75, 3.05) is 6.54 Å². The van der Waals surface area contributed by atoms with Gasteiger partial charge in [-0.15, -0.1) is 11.3 Å². The average Bonchev–Trinajstić information content (AvgIpc) is 2.73. The molecule has 17 heavy (non-hydrogen) atoms. The molecule has 1 heterocycles. The maximum absolute atomic E-state index is 13.7. The molecular weight excluding hydrogens is 259 g/mol. The summed E-state index contributed by atoms with van der Waals surface area (Å²) in [5.41, 5.74) is 7.00. The molecule has 0 aliphatic carbocycles. The Morgan fingerprint density at radius 3 is 3.00 bits per heavy atom. The minimum atomic E-state index is -0.357. The Morgan fingerprint density at radius 2 is 2.24 bits per heavy atom. The van der Waals surface area contributed by atoms with E-state index in [-0.39, 0.29) is 10.8 Å². The quantitative estimate of drug-likeness (QED) is 0.928. The fourth-order valence-corrected chi connectivity index (χ4v) is 2.59. The summed E-state index contributed by atoms with van der Waals surface area (Å²) in [7, 11) is 0. The minimum Gasteiger partial charge on any atom is -0.330 e. The first-order chi connectivity index (χ1) is 8.20. The number of nitrogens with zero attached hydrogens (tertiary/aromatic N) is 1. The Morgan fingerprint density at radius 1 is 1.41 bits per heavy atom. The van der Waals surface area contributed by atoms with Crippen molar-refractivity contribution in [3.05, 3.63) is 50.7 Å². The summed E-state index contributed by atoms with van der Waals surface area (Å²) >= 11 is 7.25. The van der Waals surface area contributed by atoms with Gasteiger partial charge in [-0.25, -0.2) is 9.37 Å². The van der Waals surface area contributed by atoms with Crippen molar-refractivity contribution in [2.45, 2.75) is 12.8 Å². The second-order valence-electron chi connectivity index (χ2n) is 3.66. The van der Waals surface area contributed by atoms with Crippen LogP contribution in [0, 0.1) is 5.82 Å². The van der Waals surface area contributed by atoms with E-state index >= 15 is 0 Å². The average molecular weight is 271 g/mol. The highest BCUT2D eigenvalue weighted by molar-refractivity contribution is 7.09. The lowest BCUT2D eigenvalue weighted by Gasteiger charge is -2.01. The Labute approximate surface area is 108 Å². The summed E-state index contributed by atoms with van der Waals surface area (Å²) in [5.74, 6) is -0.357. The molecule has 2 aromatic rings. The van der Waals surface area contributed by atoms with E-state index in [9.17, 15) is 4.39 Å². The molecule has 0 saturated heterocycles. The lowest BCUT2D eigenvalue weighted by atomic mass is 10.1. The van der Waals surface area contributed by atoms with Crippen molar-refractivity contribution in [1.82, 2.24) is 4.98 Å². The SMILES string of the molecule is NCCc1csc(Cc2cccc(Cl)c2F)n1. The van der Waals surface area contributed by atoms with Crippen LogP contribution in [0.1, 0.15) is 16.3 Å². The van der Waals surface area contributed by atoms with Crippen LogP contribution < -0.4 is 5.73 Å². The highest BCUT2D eigenvalue weighted by Gasteiger charge is 2.09. The number of hydrogen-bond acceptors (Lipinski definition) is 3. The number of aromatic nitrogens is 1. The fourth-order valence-electron chi connectivity index (χ4n) is 1.54. The van der Waals surface area contributed by atoms with Crippen LogP contribution in [0.15, 0.2) is 23.6 Å². The maximum Gasteiger partial charge on any atom is 0.145 e. The van der Waals surface area contributed by atoms with Crippen molar-refractivity contribution in [3.8, 4) is 0 Å². The van der Waals surface area contributed by atoms with E-state index in [1.165, 1.54) is 11.3 Å². The molecule has 0 saturated carbocycles. The molecule has 0 atom stereocenters. The molecular formula is C12H12ClFN2S. The van der Waals surface area contributed by atoms with E-state index in [2.05, 4.69) is 4.98 Å². The highest BCUT2D eigenvalue weighted by atomic mass is 35.5. The van der Waals surface area contributed by atoms with Crippen molar-refractivity contribution < 1.29 is 4.39 Å². The lowest BCUT2D eigenvalue weighted by molar-refractivity contribution is 0.614. The van der Waals surface area contributed by atoms with E-state index in [4.69, 9.17) is 17.3 Å². The van der Waals surface area contributed by atoms with E-state index < -0.39 is 0 Å². The molecule has 0 spiro atoms. The molecule has 5 heteroatoms. The number of halogens is 2. The second-order valence-corrected chi connectivity index (χ2v) is 5.01. The second kappa shape index (κ2) is 5.58. The third kappa shape index (κ3) is 3.03. The lowest BCUT2D eigenvalue weighted by Crippen LogP contribution is -2.03. The zero-order chi connectivity index (χ0) is 12.3. The third-order valence-electron chi connectivity index (χ3n) is 2.37. The number of rotatable bonds is 4. The molecule has 2 nitrogen and oxygen atoms in total. The molecule has 0 unspecified atom stereocenters. The number of hydrogen-bond donors (Lipinski definition) is 1. The van der Waals surface area contributed by atoms with E-state index in [0.29, 0.717) is 18.5 Å². The summed E-state index contributed by atoms with van der Waals surface area (Å²) in [6, 6.07) is 5.02. The van der Waals surface area contributed by atoms with Gasteiger partial charge in [-0.05, 0) is 18.2 Å². The standard InChI is InChI=1S/C12H12ClFN2S/c13-10-3-1-2-8(12(10)14)6-11-16-9(4-5-15)7-17-11/h1-3,7H,4-6,15H2. The van der Waals surface area contributed by atoms with Crippen LogP contribution in [0.2, 0.25) is 5.02 Å². The Balaban J connectivity index is 2.16. The minimum absolute atomic E-state index is 0.154. The van der Waals surface area contributed by atoms with Crippen LogP contribution in [0.5, 0.6) is 0 Å². The molecule has 0 aliphatic heterocycles. The summed E-state index contributed by atoms with van der Waals surface area (Å²) in [6.07, 6.45) is 1.23. The van der Waals surface area contributed by atoms with E-state index in [1.807, 2.05) is 5.38 Å². The van der Waals surface area contributed by atoms with Gasteiger partial charge in [0.25, 0.3) is 0 Å². The molecule has 2 N–H and O–H groups in total. The van der Waals surface area contributed by atoms with Crippen molar-refractivity contribution in [2.24, 2.45) is 5.73 Å². The predicted molar refractivity (Wildman–Crippen MR) is 69.1 cm³/mol. The number of nitrogens with two attached hydrogens (primary N) is 1. The molecule has 0 fully saturated rings. The molecule has 1 aromatic heterocycles. The first-order valence-electron chi connectivity index (χ1n) is 5.27. The monoisotopic (exact) mass is 270 g/mol. The number of benzene rings is 1. The third-order valence-corrected chi connectivity index (χ3v) is 3.56. The van der Waals surface area contributed by atoms with Gasteiger partial charge in [0, 0.05) is 18.2 Å². The summed E-state index contributed by atoms with van der Waals surface area (Å²) < 4.78 is 13.7. The van der Waals surface area contributed by atoms with E-state index in [0.717, 1.165) is 17.1 Å². The molecule has 0 bridgehead atoms. The van der Waals surface area contributed by atoms with E-state index in [1.54, 1.807) is 18.2 Å². The molecule has 0 radical (unpaired) electrons. The van der Waals surface area contributed by atoms with Gasteiger partial charge in [0.15, 0.2) is 0 Å². The van der Waals surface area contributed by atoms with Crippen LogP contribution in [-0.2, 0) is 12.8 Å². The normalized spacial score (nSPS) is 10.8. The largest absolute Gasteiger partial charge is 0.330 e. The molecule has 0 amide bonds. The predicted octanol–water partition coefficient (Wildman–Crippen LogP) is 3.03. The summed E-state index contributed by atoms with van der Waals surface area (Å²) in [6.45, 7) is 0.578. The summed E-state index contributed by atoms with van der Waals surface area (Å²) in [5, 5.41) is 3.00. The Hall–Kier alpha value is -0.970. The molecule has 90 valence electrons. The first-order valence-corrected chi connectivity index (χ1v) is 6.52. The summed E-state index contributed by atoms with van der Waals surface area (Å²) in [4.78, 5) is 4.39. The van der Waals surface area contributed by atoms with Crippen LogP contribution in [0.25, 0.3) is 0 Å². The Kier molecular flexibility index (Phi) is 4.10. The topological polar surface area (TPSA) is 38.9 Å². The highest BCUT2D eigenvalue weighted by Crippen LogP contribution is 2.22. The van der Waals surface area contributed by atoms with Gasteiger partial charge in [-0.1, -0.05) is 23.7 Å². The first kappa shape index (κ1) is 12.5. The van der Waals surface area contributed by atoms with Gasteiger partial charge in [0.2, 0.25) is 0 Å². The van der Waals surface area contributed by atoms with Gasteiger partial charge in [0.1, 0.15) is 5.82 Å². The van der Waals surface area contributed by atoms with Crippen LogP contribution in [0.4, 0.5) is 4.39 Å². The van der Waals surface area contributed by atoms with Crippen molar-refractivity contribution >= 4 is 22.9 Å². The van der Waals surface area contributed by atoms with Crippen molar-refractivity contribution in [1.29, 1.82) is 0 Å². The zero-order valence-electron chi connectivity index (χ0n) is 9.12. The fraction of sp³-hybridized carbons (Fsp3) is 0.250. The molecule has 1 aromatic carbocycles. The van der Waals surface area contributed by atoms with Crippen LogP contribution in [0.3, 0.4) is 0 Å². The van der Waals surface area contributed by atoms with Crippen LogP contribution >= 0.6 is 22.9 Å². The van der Waals surface area contributed by atoms with Gasteiger partial charge in [-0.2, -0.15) is 0 Å². The molecule has 2 rings (SSSR count). The van der Waals surface area contributed by atoms with Gasteiger partial charge in [-0.3, -0.25) is 0 Å². The zero-order valence-corrected chi connectivity index (χ0v) is 10.7. The van der Waals surface area contributed by atoms with Crippen molar-refractivity contribution in [3.63, 3.8) is 0 Å². The maximum atomic E-state index is 13.7. The van der Waals surface area contributed by atoms with Gasteiger partial charge in [0.05, 0.1) is 15.7 Å². The van der Waals surface area contributed by atoms with Gasteiger partial charge >= 0.3 is 0 Å². The Bertz CT molecular complexity index is 513. The smallest absolute Gasteiger partial charge is 0.145 e. The van der Waals surface area contributed by atoms with Gasteiger partial charge < -0.3 is 5.73 Å².